The molecule has 1 saturated heterocycles. The molecule has 0 radical (unpaired) electrons. The van der Waals surface area contributed by atoms with Crippen molar-refractivity contribution in [1.82, 2.24) is 10.6 Å². The molecule has 0 spiro atoms. The van der Waals surface area contributed by atoms with Gasteiger partial charge in [-0.25, -0.2) is 0 Å². The van der Waals surface area contributed by atoms with E-state index in [-0.39, 0.29) is 10.7 Å². The lowest BCUT2D eigenvalue weighted by Gasteiger charge is -2.16. The van der Waals surface area contributed by atoms with Crippen LogP contribution in [0.3, 0.4) is 0 Å². The number of rotatable bonds is 4. The highest BCUT2D eigenvalue weighted by molar-refractivity contribution is 9.10. The lowest BCUT2D eigenvalue weighted by Crippen LogP contribution is -2.51. The van der Waals surface area contributed by atoms with E-state index >= 15 is 0 Å². The Balaban J connectivity index is 1.56. The van der Waals surface area contributed by atoms with Crippen LogP contribution in [0.2, 0.25) is 0 Å². The number of amides is 2. The van der Waals surface area contributed by atoms with E-state index in [0.717, 1.165) is 10.0 Å². The van der Waals surface area contributed by atoms with Crippen molar-refractivity contribution in [1.29, 1.82) is 0 Å². The molecule has 0 atom stereocenters. The number of hydrogen-bond acceptors (Lipinski definition) is 4. The van der Waals surface area contributed by atoms with E-state index in [1.54, 1.807) is 18.2 Å². The van der Waals surface area contributed by atoms with Crippen LogP contribution in [0.4, 0.5) is 0 Å². The summed E-state index contributed by atoms with van der Waals surface area (Å²) in [6.45, 7) is 2.50. The summed E-state index contributed by atoms with van der Waals surface area (Å²) in [5.41, 5.74) is 2.98. The first-order valence-corrected chi connectivity index (χ1v) is 10.4. The number of thiocarbonyl (C=S) groups is 1. The SMILES string of the molecule is Cc1ccc2ccccc2c1COc1ccc(C=C2C(=O)NC(=S)NC2=O)cc1Br. The van der Waals surface area contributed by atoms with Gasteiger partial charge in [0.2, 0.25) is 0 Å². The number of hydrogen-bond donors (Lipinski definition) is 2. The third-order valence-corrected chi connectivity index (χ3v) is 5.68. The first kappa shape index (κ1) is 20.3. The molecule has 0 aromatic heterocycles. The van der Waals surface area contributed by atoms with E-state index < -0.39 is 11.8 Å². The molecule has 1 heterocycles. The van der Waals surface area contributed by atoms with Crippen LogP contribution in [-0.4, -0.2) is 16.9 Å². The molecule has 3 aromatic carbocycles. The van der Waals surface area contributed by atoms with Crippen LogP contribution in [0, 0.1) is 6.92 Å². The first-order valence-electron chi connectivity index (χ1n) is 9.20. The van der Waals surface area contributed by atoms with Crippen LogP contribution in [0.25, 0.3) is 16.8 Å². The average Bonchev–Trinajstić information content (AvgIpc) is 2.71. The van der Waals surface area contributed by atoms with Gasteiger partial charge in [-0.2, -0.15) is 0 Å². The third kappa shape index (κ3) is 4.13. The fraction of sp³-hybridized carbons (Fsp3) is 0.0870. The topological polar surface area (TPSA) is 67.4 Å². The third-order valence-electron chi connectivity index (χ3n) is 4.86. The van der Waals surface area contributed by atoms with Crippen LogP contribution >= 0.6 is 28.1 Å². The van der Waals surface area contributed by atoms with Crippen molar-refractivity contribution in [3.8, 4) is 5.75 Å². The number of carbonyl (C=O) groups is 2. The van der Waals surface area contributed by atoms with Gasteiger partial charge in [0.15, 0.2) is 5.11 Å². The van der Waals surface area contributed by atoms with Gasteiger partial charge in [-0.1, -0.05) is 42.5 Å². The summed E-state index contributed by atoms with van der Waals surface area (Å²) in [4.78, 5) is 24.0. The number of benzene rings is 3. The molecule has 0 aliphatic carbocycles. The highest BCUT2D eigenvalue weighted by atomic mass is 79.9. The van der Waals surface area contributed by atoms with Crippen LogP contribution in [0.15, 0.2) is 64.6 Å². The van der Waals surface area contributed by atoms with Crippen molar-refractivity contribution in [3.05, 3.63) is 81.3 Å². The van der Waals surface area contributed by atoms with E-state index in [0.29, 0.717) is 17.9 Å². The maximum absolute atomic E-state index is 12.0. The van der Waals surface area contributed by atoms with Crippen molar-refractivity contribution >= 4 is 61.9 Å². The minimum Gasteiger partial charge on any atom is -0.488 e. The predicted octanol–water partition coefficient (Wildman–Crippen LogP) is 4.40. The van der Waals surface area contributed by atoms with Gasteiger partial charge < -0.3 is 4.74 Å². The van der Waals surface area contributed by atoms with Crippen LogP contribution in [0.5, 0.6) is 5.75 Å². The summed E-state index contributed by atoms with van der Waals surface area (Å²) >= 11 is 8.33. The number of ether oxygens (including phenoxy) is 1. The second kappa shape index (κ2) is 8.38. The zero-order valence-electron chi connectivity index (χ0n) is 16.0. The Bertz CT molecular complexity index is 1210. The number of halogens is 1. The van der Waals surface area contributed by atoms with E-state index in [9.17, 15) is 9.59 Å². The largest absolute Gasteiger partial charge is 0.488 e. The summed E-state index contributed by atoms with van der Waals surface area (Å²) in [5.74, 6) is -0.374. The Kier molecular flexibility index (Phi) is 5.65. The maximum Gasteiger partial charge on any atom is 0.263 e. The van der Waals surface area contributed by atoms with E-state index in [1.165, 1.54) is 22.4 Å². The molecule has 5 nitrogen and oxygen atoms in total. The molecule has 0 unspecified atom stereocenters. The fourth-order valence-corrected chi connectivity index (χ4v) is 3.98. The van der Waals surface area contributed by atoms with Gasteiger partial charge in [-0.15, -0.1) is 0 Å². The smallest absolute Gasteiger partial charge is 0.263 e. The predicted molar refractivity (Wildman–Crippen MR) is 124 cm³/mol. The Morgan fingerprint density at radius 2 is 1.77 bits per heavy atom. The quantitative estimate of drug-likeness (QED) is 0.329. The zero-order valence-corrected chi connectivity index (χ0v) is 18.4. The standard InChI is InChI=1S/C23H17BrN2O3S/c1-13-6-8-15-4-2-3-5-16(15)18(13)12-29-20-9-7-14(11-19(20)24)10-17-21(27)25-23(30)26-22(17)28/h2-11H,12H2,1H3,(H2,25,26,27,28,30). The van der Waals surface area contributed by atoms with Gasteiger partial charge in [-0.05, 0) is 75.2 Å². The highest BCUT2D eigenvalue weighted by Crippen LogP contribution is 2.30. The van der Waals surface area contributed by atoms with Crippen molar-refractivity contribution in [3.63, 3.8) is 0 Å². The second-order valence-electron chi connectivity index (χ2n) is 6.86. The van der Waals surface area contributed by atoms with Crippen LogP contribution < -0.4 is 15.4 Å². The minimum atomic E-state index is -0.522. The zero-order chi connectivity index (χ0) is 21.3. The van der Waals surface area contributed by atoms with Crippen molar-refractivity contribution in [2.24, 2.45) is 0 Å². The number of fused-ring (bicyclic) bond motifs is 1. The van der Waals surface area contributed by atoms with Gasteiger partial charge in [0.25, 0.3) is 11.8 Å². The van der Waals surface area contributed by atoms with Crippen molar-refractivity contribution in [2.45, 2.75) is 13.5 Å². The van der Waals surface area contributed by atoms with E-state index in [4.69, 9.17) is 17.0 Å². The molecule has 1 fully saturated rings. The molecule has 7 heteroatoms. The monoisotopic (exact) mass is 480 g/mol. The number of nitrogens with one attached hydrogen (secondary N) is 2. The lowest BCUT2D eigenvalue weighted by molar-refractivity contribution is -0.123. The Labute approximate surface area is 187 Å². The summed E-state index contributed by atoms with van der Waals surface area (Å²) < 4.78 is 6.79. The molecule has 30 heavy (non-hydrogen) atoms. The normalized spacial score (nSPS) is 13.8. The highest BCUT2D eigenvalue weighted by Gasteiger charge is 2.25. The van der Waals surface area contributed by atoms with Gasteiger partial charge in [0.05, 0.1) is 4.47 Å². The minimum absolute atomic E-state index is 0.00412. The van der Waals surface area contributed by atoms with Crippen LogP contribution in [0.1, 0.15) is 16.7 Å². The van der Waals surface area contributed by atoms with Crippen molar-refractivity contribution < 1.29 is 14.3 Å². The molecular formula is C23H17BrN2O3S. The molecule has 150 valence electrons. The van der Waals surface area contributed by atoms with Gasteiger partial charge >= 0.3 is 0 Å². The fourth-order valence-electron chi connectivity index (χ4n) is 3.28. The van der Waals surface area contributed by atoms with Gasteiger partial charge in [-0.3, -0.25) is 20.2 Å². The second-order valence-corrected chi connectivity index (χ2v) is 8.12. The molecular weight excluding hydrogens is 464 g/mol. The lowest BCUT2D eigenvalue weighted by atomic mass is 10.0. The molecule has 2 N–H and O–H groups in total. The summed E-state index contributed by atoms with van der Waals surface area (Å²) in [7, 11) is 0. The molecule has 0 saturated carbocycles. The molecule has 2 amide bonds. The maximum atomic E-state index is 12.0. The summed E-state index contributed by atoms with van der Waals surface area (Å²) in [6.07, 6.45) is 1.51. The van der Waals surface area contributed by atoms with Gasteiger partial charge in [0, 0.05) is 5.56 Å². The molecule has 1 aliphatic rings. The average molecular weight is 481 g/mol. The number of aryl methyl sites for hydroxylation is 1. The Morgan fingerprint density at radius 3 is 2.50 bits per heavy atom. The molecule has 3 aromatic rings. The summed E-state index contributed by atoms with van der Waals surface area (Å²) in [6, 6.07) is 17.8. The summed E-state index contributed by atoms with van der Waals surface area (Å²) in [5, 5.41) is 7.19. The van der Waals surface area contributed by atoms with Crippen LogP contribution in [-0.2, 0) is 16.2 Å². The number of carbonyl (C=O) groups excluding carboxylic acids is 2. The molecule has 4 rings (SSSR count). The Hall–Kier alpha value is -3.03. The molecule has 1 aliphatic heterocycles. The van der Waals surface area contributed by atoms with Gasteiger partial charge in [0.1, 0.15) is 17.9 Å². The van der Waals surface area contributed by atoms with E-state index in [2.05, 4.69) is 57.8 Å². The molecule has 0 bridgehead atoms. The Morgan fingerprint density at radius 1 is 1.03 bits per heavy atom. The first-order chi connectivity index (χ1) is 14.4. The van der Waals surface area contributed by atoms with E-state index in [1.807, 2.05) is 12.1 Å². The van der Waals surface area contributed by atoms with Crippen molar-refractivity contribution in [2.75, 3.05) is 0 Å².